The number of non-ortho nitro benzene ring substituents is 1. The van der Waals surface area contributed by atoms with Gasteiger partial charge in [-0.2, -0.15) is 0 Å². The second-order valence-corrected chi connectivity index (χ2v) is 4.81. The predicted octanol–water partition coefficient (Wildman–Crippen LogP) is 3.09. The van der Waals surface area contributed by atoms with Gasteiger partial charge in [0, 0.05) is 23.4 Å². The quantitative estimate of drug-likeness (QED) is 0.462. The Kier molecular flexibility index (Phi) is 4.25. The van der Waals surface area contributed by atoms with Crippen LogP contribution in [0.15, 0.2) is 35.7 Å². The van der Waals surface area contributed by atoms with Crippen molar-refractivity contribution in [1.82, 2.24) is 0 Å². The van der Waals surface area contributed by atoms with E-state index >= 15 is 0 Å². The topological polar surface area (TPSA) is 69.4 Å². The zero-order valence-electron chi connectivity index (χ0n) is 9.94. The van der Waals surface area contributed by atoms with E-state index in [1.807, 2.05) is 17.5 Å². The molecule has 0 bridgehead atoms. The van der Waals surface area contributed by atoms with Gasteiger partial charge in [0.25, 0.3) is 5.69 Å². The minimum absolute atomic E-state index is 0.118. The molecule has 1 aromatic heterocycles. The molecular weight excluding hydrogens is 266 g/mol. The number of carbonyl (C=O) groups excluding carboxylic acids is 1. The van der Waals surface area contributed by atoms with E-state index in [4.69, 9.17) is 4.74 Å². The number of ether oxygens (including phenoxy) is 1. The fourth-order valence-electron chi connectivity index (χ4n) is 1.59. The first kappa shape index (κ1) is 13.2. The Labute approximate surface area is 113 Å². The Morgan fingerprint density at radius 1 is 1.37 bits per heavy atom. The van der Waals surface area contributed by atoms with Gasteiger partial charge in [-0.05, 0) is 17.5 Å². The highest BCUT2D eigenvalue weighted by Crippen LogP contribution is 2.23. The van der Waals surface area contributed by atoms with Crippen molar-refractivity contribution in [2.24, 2.45) is 0 Å². The number of hydrogen-bond acceptors (Lipinski definition) is 5. The molecule has 0 atom stereocenters. The molecule has 2 aromatic rings. The maximum atomic E-state index is 10.9. The van der Waals surface area contributed by atoms with Gasteiger partial charge in [-0.25, -0.2) is 0 Å². The van der Waals surface area contributed by atoms with Gasteiger partial charge in [-0.15, -0.1) is 11.3 Å². The zero-order valence-corrected chi connectivity index (χ0v) is 10.8. The molecule has 6 heteroatoms. The van der Waals surface area contributed by atoms with Crippen LogP contribution in [0.2, 0.25) is 0 Å². The Hall–Kier alpha value is -2.21. The average molecular weight is 277 g/mol. The molecule has 0 unspecified atom stereocenters. The summed E-state index contributed by atoms with van der Waals surface area (Å²) in [6.45, 7) is 0.430. The molecule has 0 amide bonds. The molecule has 0 aliphatic heterocycles. The molecule has 0 fully saturated rings. The third kappa shape index (κ3) is 3.38. The van der Waals surface area contributed by atoms with E-state index in [2.05, 4.69) is 0 Å². The van der Waals surface area contributed by atoms with Gasteiger partial charge >= 0.3 is 0 Å². The molecule has 0 spiro atoms. The van der Waals surface area contributed by atoms with E-state index in [1.54, 1.807) is 11.3 Å². The summed E-state index contributed by atoms with van der Waals surface area (Å²) in [5.41, 5.74) is 0.0769. The van der Waals surface area contributed by atoms with Crippen LogP contribution < -0.4 is 4.74 Å². The smallest absolute Gasteiger partial charge is 0.270 e. The van der Waals surface area contributed by atoms with E-state index in [0.29, 0.717) is 18.6 Å². The summed E-state index contributed by atoms with van der Waals surface area (Å²) >= 11 is 1.64. The van der Waals surface area contributed by atoms with Crippen molar-refractivity contribution in [3.05, 3.63) is 56.3 Å². The minimum Gasteiger partial charge on any atom is -0.492 e. The first-order chi connectivity index (χ1) is 9.20. The highest BCUT2D eigenvalue weighted by atomic mass is 32.1. The van der Waals surface area contributed by atoms with Crippen LogP contribution in [0.5, 0.6) is 5.75 Å². The lowest BCUT2D eigenvalue weighted by Crippen LogP contribution is -2.02. The number of aldehydes is 1. The summed E-state index contributed by atoms with van der Waals surface area (Å²) < 4.78 is 5.49. The number of benzene rings is 1. The number of carbonyl (C=O) groups is 1. The summed E-state index contributed by atoms with van der Waals surface area (Å²) in [4.78, 5) is 22.1. The zero-order chi connectivity index (χ0) is 13.7. The first-order valence-corrected chi connectivity index (χ1v) is 6.47. The number of nitrogens with zero attached hydrogens (tertiary/aromatic N) is 1. The molecule has 0 radical (unpaired) electrons. The highest BCUT2D eigenvalue weighted by molar-refractivity contribution is 7.09. The normalized spacial score (nSPS) is 10.1. The third-order valence-electron chi connectivity index (χ3n) is 2.52. The van der Waals surface area contributed by atoms with Gasteiger partial charge < -0.3 is 4.74 Å². The minimum atomic E-state index is -0.539. The molecule has 0 aliphatic rings. The molecule has 5 nitrogen and oxygen atoms in total. The molecule has 19 heavy (non-hydrogen) atoms. The summed E-state index contributed by atoms with van der Waals surface area (Å²) in [6.07, 6.45) is 1.31. The Balaban J connectivity index is 2.03. The molecule has 0 saturated carbocycles. The van der Waals surface area contributed by atoms with Crippen LogP contribution in [0.25, 0.3) is 0 Å². The van der Waals surface area contributed by atoms with Crippen LogP contribution in [0, 0.1) is 10.1 Å². The van der Waals surface area contributed by atoms with Crippen LogP contribution in [0.3, 0.4) is 0 Å². The van der Waals surface area contributed by atoms with Crippen molar-refractivity contribution in [3.63, 3.8) is 0 Å². The van der Waals surface area contributed by atoms with Crippen molar-refractivity contribution in [3.8, 4) is 5.75 Å². The van der Waals surface area contributed by atoms with Crippen LogP contribution in [-0.2, 0) is 6.42 Å². The van der Waals surface area contributed by atoms with E-state index in [0.717, 1.165) is 6.42 Å². The van der Waals surface area contributed by atoms with Crippen LogP contribution >= 0.6 is 11.3 Å². The molecule has 1 aromatic carbocycles. The number of rotatable bonds is 6. The maximum Gasteiger partial charge on any atom is 0.270 e. The number of nitro groups is 1. The van der Waals surface area contributed by atoms with Crippen molar-refractivity contribution in [2.75, 3.05) is 6.61 Å². The summed E-state index contributed by atoms with van der Waals surface area (Å²) in [5, 5.41) is 12.6. The van der Waals surface area contributed by atoms with Gasteiger partial charge in [0.15, 0.2) is 6.29 Å². The van der Waals surface area contributed by atoms with Gasteiger partial charge in [-0.3, -0.25) is 14.9 Å². The second-order valence-electron chi connectivity index (χ2n) is 3.77. The van der Waals surface area contributed by atoms with Crippen LogP contribution in [0.4, 0.5) is 5.69 Å². The SMILES string of the molecule is O=Cc1cc([N+](=O)[O-])ccc1OCCc1cccs1. The lowest BCUT2D eigenvalue weighted by atomic mass is 10.2. The van der Waals surface area contributed by atoms with Crippen molar-refractivity contribution >= 4 is 23.3 Å². The van der Waals surface area contributed by atoms with Crippen molar-refractivity contribution in [1.29, 1.82) is 0 Å². The fraction of sp³-hybridized carbons (Fsp3) is 0.154. The van der Waals surface area contributed by atoms with Gasteiger partial charge in [0.1, 0.15) is 5.75 Å². The fourth-order valence-corrected chi connectivity index (χ4v) is 2.28. The molecular formula is C13H11NO4S. The predicted molar refractivity (Wildman–Crippen MR) is 72.0 cm³/mol. The van der Waals surface area contributed by atoms with Crippen LogP contribution in [-0.4, -0.2) is 17.8 Å². The largest absolute Gasteiger partial charge is 0.492 e. The second kappa shape index (κ2) is 6.10. The number of nitro benzene ring substituents is 1. The summed E-state index contributed by atoms with van der Waals surface area (Å²) in [7, 11) is 0. The van der Waals surface area contributed by atoms with Gasteiger partial charge in [0.05, 0.1) is 17.1 Å². The third-order valence-corrected chi connectivity index (χ3v) is 3.45. The lowest BCUT2D eigenvalue weighted by Gasteiger charge is -2.07. The monoisotopic (exact) mass is 277 g/mol. The van der Waals surface area contributed by atoms with E-state index in [-0.39, 0.29) is 11.3 Å². The summed E-state index contributed by atoms with van der Waals surface area (Å²) in [5.74, 6) is 0.372. The average Bonchev–Trinajstić information content (AvgIpc) is 2.92. The lowest BCUT2D eigenvalue weighted by molar-refractivity contribution is -0.384. The van der Waals surface area contributed by atoms with E-state index in [1.165, 1.54) is 23.1 Å². The number of thiophene rings is 1. The molecule has 0 N–H and O–H groups in total. The first-order valence-electron chi connectivity index (χ1n) is 5.59. The van der Waals surface area contributed by atoms with Gasteiger partial charge in [0.2, 0.25) is 0 Å². The van der Waals surface area contributed by atoms with E-state index in [9.17, 15) is 14.9 Å². The molecule has 2 rings (SSSR count). The van der Waals surface area contributed by atoms with E-state index < -0.39 is 4.92 Å². The number of hydrogen-bond donors (Lipinski definition) is 0. The summed E-state index contributed by atoms with van der Waals surface area (Å²) in [6, 6.07) is 7.96. The van der Waals surface area contributed by atoms with Gasteiger partial charge in [-0.1, -0.05) is 6.07 Å². The molecule has 1 heterocycles. The van der Waals surface area contributed by atoms with Crippen molar-refractivity contribution in [2.45, 2.75) is 6.42 Å². The Morgan fingerprint density at radius 2 is 2.21 bits per heavy atom. The maximum absolute atomic E-state index is 10.9. The Bertz CT molecular complexity index is 580. The van der Waals surface area contributed by atoms with Crippen molar-refractivity contribution < 1.29 is 14.5 Å². The molecule has 98 valence electrons. The van der Waals surface area contributed by atoms with Crippen LogP contribution in [0.1, 0.15) is 15.2 Å². The highest BCUT2D eigenvalue weighted by Gasteiger charge is 2.11. The molecule has 0 saturated heterocycles. The molecule has 0 aliphatic carbocycles. The Morgan fingerprint density at radius 3 is 2.84 bits per heavy atom. The standard InChI is InChI=1S/C13H11NO4S/c15-9-10-8-11(14(16)17)3-4-13(10)18-6-5-12-2-1-7-19-12/h1-4,7-9H,5-6H2.